The highest BCUT2D eigenvalue weighted by Crippen LogP contribution is 2.29. The van der Waals surface area contributed by atoms with Gasteiger partial charge in [0.15, 0.2) is 0 Å². The summed E-state index contributed by atoms with van der Waals surface area (Å²) < 4.78 is 15.5. The van der Waals surface area contributed by atoms with E-state index in [2.05, 4.69) is 11.1 Å². The third kappa shape index (κ3) is 2.27. The van der Waals surface area contributed by atoms with Crippen molar-refractivity contribution in [1.82, 2.24) is 9.55 Å². The number of rotatable bonds is 3. The van der Waals surface area contributed by atoms with Crippen LogP contribution in [-0.4, -0.2) is 9.55 Å². The van der Waals surface area contributed by atoms with E-state index in [1.165, 1.54) is 17.0 Å². The topological polar surface area (TPSA) is 43.8 Å². The lowest BCUT2D eigenvalue weighted by Gasteiger charge is -2.15. The van der Waals surface area contributed by atoms with Crippen molar-refractivity contribution in [2.45, 2.75) is 19.4 Å². The number of hydrogen-bond acceptors (Lipinski definition) is 3. The van der Waals surface area contributed by atoms with Gasteiger partial charge in [-0.1, -0.05) is 17.7 Å². The number of benzene rings is 1. The summed E-state index contributed by atoms with van der Waals surface area (Å²) >= 11 is 7.48. The smallest absolute Gasteiger partial charge is 0.201 e. The lowest BCUT2D eigenvalue weighted by Crippen LogP contribution is -2.10. The van der Waals surface area contributed by atoms with E-state index < -0.39 is 5.82 Å². The Bertz CT molecular complexity index is 751. The molecule has 0 aliphatic rings. The first-order chi connectivity index (χ1) is 9.56. The molecule has 20 heavy (non-hydrogen) atoms. The predicted octanol–water partition coefficient (Wildman–Crippen LogP) is 4.28. The van der Waals surface area contributed by atoms with Crippen LogP contribution in [0.3, 0.4) is 0 Å². The highest BCUT2D eigenvalue weighted by molar-refractivity contribution is 7.09. The van der Waals surface area contributed by atoms with Crippen molar-refractivity contribution in [2.24, 2.45) is 0 Å². The van der Waals surface area contributed by atoms with Gasteiger partial charge in [0.1, 0.15) is 5.82 Å². The third-order valence-electron chi connectivity index (χ3n) is 3.28. The summed E-state index contributed by atoms with van der Waals surface area (Å²) in [5.74, 6) is -0.0747. The molecule has 2 aromatic heterocycles. The molecule has 0 fully saturated rings. The van der Waals surface area contributed by atoms with Crippen molar-refractivity contribution in [2.75, 3.05) is 5.73 Å². The molecule has 0 saturated heterocycles. The Morgan fingerprint density at radius 3 is 3.00 bits per heavy atom. The highest BCUT2D eigenvalue weighted by Gasteiger charge is 2.16. The van der Waals surface area contributed by atoms with Crippen LogP contribution in [0.1, 0.15) is 17.8 Å². The second kappa shape index (κ2) is 5.07. The number of imidazole rings is 1. The van der Waals surface area contributed by atoms with Crippen molar-refractivity contribution in [3.8, 4) is 0 Å². The number of aromatic nitrogens is 2. The van der Waals surface area contributed by atoms with Crippen LogP contribution >= 0.6 is 22.9 Å². The van der Waals surface area contributed by atoms with E-state index >= 15 is 0 Å². The maximum absolute atomic E-state index is 13.7. The van der Waals surface area contributed by atoms with Gasteiger partial charge in [0.25, 0.3) is 0 Å². The second-order valence-electron chi connectivity index (χ2n) is 4.73. The minimum Gasteiger partial charge on any atom is -0.369 e. The summed E-state index contributed by atoms with van der Waals surface area (Å²) in [5.41, 5.74) is 7.27. The molecule has 0 aliphatic carbocycles. The van der Waals surface area contributed by atoms with Gasteiger partial charge in [-0.05, 0) is 24.4 Å². The number of thiophene rings is 1. The molecule has 2 heterocycles. The number of anilines is 1. The Kier molecular flexibility index (Phi) is 3.40. The Hall–Kier alpha value is -1.59. The molecule has 3 nitrogen and oxygen atoms in total. The van der Waals surface area contributed by atoms with Crippen molar-refractivity contribution in [3.05, 3.63) is 45.4 Å². The quantitative estimate of drug-likeness (QED) is 0.785. The number of hydrogen-bond donors (Lipinski definition) is 1. The summed E-state index contributed by atoms with van der Waals surface area (Å²) in [6.07, 6.45) is 0.831. The van der Waals surface area contributed by atoms with Crippen LogP contribution in [0.25, 0.3) is 11.0 Å². The maximum Gasteiger partial charge on any atom is 0.201 e. The van der Waals surface area contributed by atoms with Crippen LogP contribution < -0.4 is 5.73 Å². The summed E-state index contributed by atoms with van der Waals surface area (Å²) in [5, 5.41) is 2.10. The Balaban J connectivity index is 2.06. The average molecular weight is 310 g/mol. The lowest BCUT2D eigenvalue weighted by atomic mass is 10.2. The minimum absolute atomic E-state index is 0.0630. The van der Waals surface area contributed by atoms with Crippen LogP contribution in [0.5, 0.6) is 0 Å². The van der Waals surface area contributed by atoms with Crippen molar-refractivity contribution in [1.29, 1.82) is 0 Å². The fourth-order valence-corrected chi connectivity index (χ4v) is 3.37. The second-order valence-corrected chi connectivity index (χ2v) is 6.17. The standard InChI is InChI=1S/C14H13ClFN3S/c1-8(5-9-3-2-4-20-9)19-13-7-11(16)10(15)6-12(13)18-14(19)17/h2-4,6-8H,5H2,1H3,(H2,17,18). The number of halogens is 2. The first-order valence-electron chi connectivity index (χ1n) is 6.21. The van der Waals surface area contributed by atoms with Crippen molar-refractivity contribution in [3.63, 3.8) is 0 Å². The van der Waals surface area contributed by atoms with Crippen LogP contribution in [0.15, 0.2) is 29.6 Å². The molecule has 1 aromatic carbocycles. The molecule has 6 heteroatoms. The summed E-state index contributed by atoms with van der Waals surface area (Å²) in [4.78, 5) is 5.52. The molecule has 0 bridgehead atoms. The van der Waals surface area contributed by atoms with Crippen LogP contribution in [0, 0.1) is 5.82 Å². The van der Waals surface area contributed by atoms with Crippen LogP contribution in [0.4, 0.5) is 10.3 Å². The van der Waals surface area contributed by atoms with Gasteiger partial charge in [-0.15, -0.1) is 11.3 Å². The first kappa shape index (κ1) is 13.4. The number of nitrogens with two attached hydrogens (primary N) is 1. The van der Waals surface area contributed by atoms with Gasteiger partial charge in [-0.3, -0.25) is 0 Å². The summed E-state index contributed by atoms with van der Waals surface area (Å²) in [7, 11) is 0. The maximum atomic E-state index is 13.7. The molecule has 0 spiro atoms. The molecule has 0 saturated carbocycles. The molecule has 2 N–H and O–H groups in total. The minimum atomic E-state index is -0.455. The van der Waals surface area contributed by atoms with Gasteiger partial charge in [-0.2, -0.15) is 0 Å². The van der Waals surface area contributed by atoms with Gasteiger partial charge < -0.3 is 10.3 Å². The molecule has 1 unspecified atom stereocenters. The fourth-order valence-electron chi connectivity index (χ4n) is 2.38. The van der Waals surface area contributed by atoms with Gasteiger partial charge in [0.05, 0.1) is 16.1 Å². The largest absolute Gasteiger partial charge is 0.369 e. The fraction of sp³-hybridized carbons (Fsp3) is 0.214. The van der Waals surface area contributed by atoms with E-state index in [4.69, 9.17) is 17.3 Å². The normalized spacial score (nSPS) is 12.9. The van der Waals surface area contributed by atoms with E-state index in [1.54, 1.807) is 11.3 Å². The van der Waals surface area contributed by atoms with E-state index in [0.29, 0.717) is 17.0 Å². The molecule has 1 atom stereocenters. The van der Waals surface area contributed by atoms with Crippen LogP contribution in [-0.2, 0) is 6.42 Å². The lowest BCUT2D eigenvalue weighted by molar-refractivity contribution is 0.568. The molecule has 3 aromatic rings. The van der Waals surface area contributed by atoms with E-state index in [9.17, 15) is 4.39 Å². The molecular weight excluding hydrogens is 297 g/mol. The zero-order chi connectivity index (χ0) is 14.3. The molecule has 3 rings (SSSR count). The molecule has 0 amide bonds. The van der Waals surface area contributed by atoms with Gasteiger partial charge in [-0.25, -0.2) is 9.37 Å². The molecule has 0 radical (unpaired) electrons. The van der Waals surface area contributed by atoms with Gasteiger partial charge >= 0.3 is 0 Å². The van der Waals surface area contributed by atoms with E-state index in [1.807, 2.05) is 22.9 Å². The van der Waals surface area contributed by atoms with Crippen LogP contribution in [0.2, 0.25) is 5.02 Å². The first-order valence-corrected chi connectivity index (χ1v) is 7.47. The Morgan fingerprint density at radius 1 is 1.50 bits per heavy atom. The highest BCUT2D eigenvalue weighted by atomic mass is 35.5. The monoisotopic (exact) mass is 309 g/mol. The Labute approximate surface area is 124 Å². The zero-order valence-electron chi connectivity index (χ0n) is 10.8. The molecule has 104 valence electrons. The third-order valence-corrected chi connectivity index (χ3v) is 4.46. The molecule has 0 aliphatic heterocycles. The number of nitrogen functional groups attached to an aromatic ring is 1. The Morgan fingerprint density at radius 2 is 2.30 bits per heavy atom. The van der Waals surface area contributed by atoms with E-state index in [-0.39, 0.29) is 11.1 Å². The predicted molar refractivity (Wildman–Crippen MR) is 81.8 cm³/mol. The van der Waals surface area contributed by atoms with Crippen molar-refractivity contribution < 1.29 is 4.39 Å². The zero-order valence-corrected chi connectivity index (χ0v) is 12.4. The average Bonchev–Trinajstić information content (AvgIpc) is 2.97. The number of nitrogens with zero attached hydrogens (tertiary/aromatic N) is 2. The van der Waals surface area contributed by atoms with Gasteiger partial charge in [0, 0.05) is 23.4 Å². The van der Waals surface area contributed by atoms with Gasteiger partial charge in [0.2, 0.25) is 5.95 Å². The number of fused-ring (bicyclic) bond motifs is 1. The SMILES string of the molecule is CC(Cc1cccs1)n1c(N)nc2cc(Cl)c(F)cc21. The summed E-state index contributed by atoms with van der Waals surface area (Å²) in [6, 6.07) is 7.09. The van der Waals surface area contributed by atoms with E-state index in [0.717, 1.165) is 6.42 Å². The van der Waals surface area contributed by atoms with Crippen molar-refractivity contribution >= 4 is 39.9 Å². The molecular formula is C14H13ClFN3S. The summed E-state index contributed by atoms with van der Waals surface area (Å²) in [6.45, 7) is 2.05.